The number of carbonyl (C=O) groups is 10. The molecule has 3 rings (SSSR count). The Balaban J connectivity index is 2.04. The van der Waals surface area contributed by atoms with E-state index in [2.05, 4.69) is 47.5 Å². The Labute approximate surface area is 484 Å². The van der Waals surface area contributed by atoms with Gasteiger partial charge in [0.25, 0.3) is 0 Å². The van der Waals surface area contributed by atoms with Gasteiger partial charge in [-0.2, -0.15) is 0 Å². The van der Waals surface area contributed by atoms with Crippen molar-refractivity contribution in [1.29, 1.82) is 0 Å². The predicted octanol–water partition coefficient (Wildman–Crippen LogP) is -1.42. The summed E-state index contributed by atoms with van der Waals surface area (Å²) in [6, 6.07) is 9.71. The Hall–Kier alpha value is -8.23. The fourth-order valence-corrected chi connectivity index (χ4v) is 8.81. The molecule has 0 fully saturated rings. The number of hydrogen-bond acceptors (Lipinski definition) is 14. The molecule has 0 saturated heterocycles. The molecule has 9 amide bonds. The number of unbranched alkanes of at least 4 members (excludes halogenated alkanes) is 2. The first kappa shape index (κ1) is 69.0. The van der Waals surface area contributed by atoms with Crippen molar-refractivity contribution in [2.45, 2.75) is 166 Å². The fourth-order valence-electron chi connectivity index (χ4n) is 8.81. The molecule has 0 heterocycles. The first-order valence-corrected chi connectivity index (χ1v) is 28.1. The van der Waals surface area contributed by atoms with Crippen molar-refractivity contribution in [3.63, 3.8) is 0 Å². The summed E-state index contributed by atoms with van der Waals surface area (Å²) in [5.74, 6) is -8.85. The Bertz CT molecular complexity index is 2670. The van der Waals surface area contributed by atoms with Gasteiger partial charge in [0.15, 0.2) is 5.96 Å². The highest BCUT2D eigenvalue weighted by atomic mass is 16.4. The van der Waals surface area contributed by atoms with Crippen LogP contribution in [0.5, 0.6) is 0 Å². The quantitative estimate of drug-likeness (QED) is 0.0178. The molecule has 3 aromatic rings. The van der Waals surface area contributed by atoms with Crippen LogP contribution in [0.2, 0.25) is 0 Å². The van der Waals surface area contributed by atoms with Gasteiger partial charge in [-0.1, -0.05) is 93.1 Å². The topological polar surface area (TPSA) is 456 Å². The van der Waals surface area contributed by atoms with Crippen LogP contribution < -0.4 is 76.9 Å². The van der Waals surface area contributed by atoms with E-state index in [1.165, 1.54) is 13.8 Å². The summed E-state index contributed by atoms with van der Waals surface area (Å²) in [4.78, 5) is 140. The Morgan fingerprint density at radius 3 is 1.53 bits per heavy atom. The lowest BCUT2D eigenvalue weighted by atomic mass is 9.97. The molecule has 0 aliphatic carbocycles. The molecule has 9 atom stereocenters. The van der Waals surface area contributed by atoms with Crippen LogP contribution in [0.15, 0.2) is 77.8 Å². The molecule has 0 saturated carbocycles. The monoisotopic (exact) mass is 1160 g/mol. The Kier molecular flexibility index (Phi) is 30.2. The van der Waals surface area contributed by atoms with Crippen molar-refractivity contribution in [3.05, 3.63) is 83.9 Å². The summed E-state index contributed by atoms with van der Waals surface area (Å²) < 4.78 is 0. The number of benzene rings is 3. The molecule has 456 valence electrons. The first-order chi connectivity index (χ1) is 39.4. The normalized spacial score (nSPS) is 14.4. The Morgan fingerprint density at radius 2 is 0.952 bits per heavy atom. The zero-order valence-corrected chi connectivity index (χ0v) is 48.0. The number of nitrogens with one attached hydrogen (secondary N) is 8. The minimum absolute atomic E-state index is 0.0240. The molecule has 26 nitrogen and oxygen atoms in total. The second-order valence-electron chi connectivity index (χ2n) is 21.0. The number of aliphatic carboxylic acids is 1. The van der Waals surface area contributed by atoms with Crippen molar-refractivity contribution in [2.75, 3.05) is 19.6 Å². The third kappa shape index (κ3) is 25.2. The molecule has 0 unspecified atom stereocenters. The van der Waals surface area contributed by atoms with E-state index in [1.807, 2.05) is 38.1 Å². The number of carboxylic acids is 1. The maximum Gasteiger partial charge on any atom is 0.325 e. The van der Waals surface area contributed by atoms with E-state index < -0.39 is 120 Å². The highest BCUT2D eigenvalue weighted by molar-refractivity contribution is 5.99. The van der Waals surface area contributed by atoms with Gasteiger partial charge in [0, 0.05) is 25.8 Å². The second kappa shape index (κ2) is 36.3. The summed E-state index contributed by atoms with van der Waals surface area (Å²) in [5.41, 5.74) is 35.4. The van der Waals surface area contributed by atoms with Gasteiger partial charge in [0.05, 0.1) is 6.04 Å². The largest absolute Gasteiger partial charge is 0.480 e. The van der Waals surface area contributed by atoms with Crippen LogP contribution in [0.25, 0.3) is 10.8 Å². The van der Waals surface area contributed by atoms with E-state index in [1.54, 1.807) is 48.5 Å². The maximum atomic E-state index is 14.9. The van der Waals surface area contributed by atoms with E-state index in [9.17, 15) is 53.1 Å². The highest BCUT2D eigenvalue weighted by Gasteiger charge is 2.35. The molecule has 21 N–H and O–H groups in total. The molecule has 0 bridgehead atoms. The second-order valence-corrected chi connectivity index (χ2v) is 21.0. The number of rotatable bonds is 38. The minimum Gasteiger partial charge on any atom is -0.480 e. The summed E-state index contributed by atoms with van der Waals surface area (Å²) in [6.45, 7) is 7.02. The van der Waals surface area contributed by atoms with Crippen molar-refractivity contribution in [3.8, 4) is 0 Å². The van der Waals surface area contributed by atoms with Crippen LogP contribution >= 0.6 is 0 Å². The first-order valence-electron chi connectivity index (χ1n) is 28.1. The van der Waals surface area contributed by atoms with Crippen LogP contribution in [0.4, 0.5) is 0 Å². The van der Waals surface area contributed by atoms with Crippen molar-refractivity contribution < 1.29 is 53.1 Å². The van der Waals surface area contributed by atoms with Crippen LogP contribution in [-0.2, 0) is 60.8 Å². The number of carbonyl (C=O) groups excluding carboxylic acids is 9. The molecular weight excluding hydrogens is 1070 g/mol. The number of aliphatic imine (C=N–C) groups is 1. The van der Waals surface area contributed by atoms with Gasteiger partial charge in [-0.25, -0.2) is 0 Å². The molecule has 83 heavy (non-hydrogen) atoms. The summed E-state index contributed by atoms with van der Waals surface area (Å²) in [5, 5.41) is 32.0. The standard InChI is InChI=1S/C57H87N15O11/c1-33(2)30-44(70-49(75)40(60)22-10-12-27-58)53(79)71-45(31-36-16-6-5-7-17-36)54(80)68-42(24-15-29-64-57(62)63)52(78)72-46(32-38-20-14-19-37-18-8-9-21-39(37)38)55(81)69-43(25-26-47(61)73)51(77)65-34(3)48(74)67-41(23-11-13-28-59)50(76)66-35(4)56(82)83/h5-9,14,16-21,33-35,40-46H,10-13,15,22-32,58-60H2,1-4H3,(H2,61,73)(H,65,77)(H,66,76)(H,67,74)(H,68,80)(H,69,81)(H,70,75)(H,71,79)(H,72,78)(H,82,83)(H4,62,63,64)/t34-,35-,40-,41-,42-,43-,44-,45-,46-/m1/s1. The zero-order valence-electron chi connectivity index (χ0n) is 48.0. The molecule has 0 aliphatic rings. The van der Waals surface area contributed by atoms with Crippen LogP contribution in [0, 0.1) is 5.92 Å². The predicted molar refractivity (Wildman–Crippen MR) is 314 cm³/mol. The average Bonchev–Trinajstić information content (AvgIpc) is 3.49. The average molecular weight is 1160 g/mol. The number of guanidine groups is 1. The lowest BCUT2D eigenvalue weighted by Gasteiger charge is -2.28. The number of fused-ring (bicyclic) bond motifs is 1. The van der Waals surface area contributed by atoms with Gasteiger partial charge < -0.3 is 82.0 Å². The van der Waals surface area contributed by atoms with E-state index in [4.69, 9.17) is 34.4 Å². The molecule has 0 radical (unpaired) electrons. The lowest BCUT2D eigenvalue weighted by Crippen LogP contribution is -2.60. The van der Waals surface area contributed by atoms with E-state index in [0.717, 1.165) is 10.8 Å². The third-order valence-electron chi connectivity index (χ3n) is 13.5. The summed E-state index contributed by atoms with van der Waals surface area (Å²) >= 11 is 0. The van der Waals surface area contributed by atoms with Gasteiger partial charge >= 0.3 is 5.97 Å². The van der Waals surface area contributed by atoms with Crippen molar-refractivity contribution in [2.24, 2.45) is 45.3 Å². The molecule has 0 spiro atoms. The highest BCUT2D eigenvalue weighted by Crippen LogP contribution is 2.21. The smallest absolute Gasteiger partial charge is 0.325 e. The summed E-state index contributed by atoms with van der Waals surface area (Å²) in [6.07, 6.45) is 1.74. The molecule has 0 aromatic heterocycles. The number of nitrogens with zero attached hydrogens (tertiary/aromatic N) is 1. The molecule has 3 aromatic carbocycles. The third-order valence-corrected chi connectivity index (χ3v) is 13.5. The van der Waals surface area contributed by atoms with Crippen LogP contribution in [0.3, 0.4) is 0 Å². The molecule has 26 heteroatoms. The van der Waals surface area contributed by atoms with Crippen molar-refractivity contribution >= 4 is 75.9 Å². The van der Waals surface area contributed by atoms with Gasteiger partial charge in [-0.3, -0.25) is 52.9 Å². The van der Waals surface area contributed by atoms with Crippen molar-refractivity contribution in [1.82, 2.24) is 42.5 Å². The molecular formula is C57H87N15O11. The van der Waals surface area contributed by atoms with Gasteiger partial charge in [-0.05, 0) is 113 Å². The van der Waals surface area contributed by atoms with Crippen LogP contribution in [-0.4, -0.2) is 144 Å². The minimum atomic E-state index is -1.55. The number of amides is 9. The lowest BCUT2D eigenvalue weighted by molar-refractivity contribution is -0.142. The van der Waals surface area contributed by atoms with Crippen LogP contribution in [0.1, 0.15) is 109 Å². The van der Waals surface area contributed by atoms with E-state index in [-0.39, 0.29) is 69.9 Å². The fraction of sp³-hybridized carbons (Fsp3) is 0.526. The Morgan fingerprint density at radius 1 is 0.482 bits per heavy atom. The van der Waals surface area contributed by atoms with Gasteiger partial charge in [-0.15, -0.1) is 0 Å². The van der Waals surface area contributed by atoms with E-state index in [0.29, 0.717) is 49.8 Å². The zero-order chi connectivity index (χ0) is 61.6. The maximum absolute atomic E-state index is 14.9. The SMILES string of the molecule is CC(C)C[C@@H](NC(=O)[C@H](N)CCCCN)C(=O)N[C@H](Cc1ccccc1)C(=O)N[C@H](CCCN=C(N)N)C(=O)N[C@H](Cc1cccc2ccccc12)C(=O)N[C@H](CCC(N)=O)C(=O)N[C@H](C)C(=O)N[C@H](CCCCN)C(=O)N[C@H](C)C(=O)O. The number of hydrogen-bond donors (Lipinski definition) is 15. The van der Waals surface area contributed by atoms with Gasteiger partial charge in [0.1, 0.15) is 48.3 Å². The van der Waals surface area contributed by atoms with Gasteiger partial charge in [0.2, 0.25) is 53.2 Å². The molecule has 0 aliphatic heterocycles. The number of nitrogens with two attached hydrogens (primary N) is 6. The number of carboxylic acid groups (broad SMARTS) is 1. The summed E-state index contributed by atoms with van der Waals surface area (Å²) in [7, 11) is 0. The van der Waals surface area contributed by atoms with E-state index >= 15 is 0 Å². The number of primary amides is 1.